The van der Waals surface area contributed by atoms with E-state index in [2.05, 4.69) is 15.3 Å². The molecule has 2 aromatic rings. The Morgan fingerprint density at radius 3 is 2.45 bits per heavy atom. The van der Waals surface area contributed by atoms with Gasteiger partial charge in [-0.2, -0.15) is 13.2 Å². The van der Waals surface area contributed by atoms with Crippen LogP contribution >= 0.6 is 11.3 Å². The number of pyridine rings is 1. The Balaban J connectivity index is 0.00000216. The normalized spacial score (nSPS) is 21.1. The molecule has 2 fully saturated rings. The lowest BCUT2D eigenvalue weighted by Gasteiger charge is -2.22. The molecule has 1 unspecified atom stereocenters. The smallest absolute Gasteiger partial charge is 0.361 e. The van der Waals surface area contributed by atoms with Crippen LogP contribution in [0, 0.1) is 0 Å². The second-order valence-corrected chi connectivity index (χ2v) is 11.9. The quantitative estimate of drug-likeness (QED) is 0.407. The van der Waals surface area contributed by atoms with Crippen LogP contribution in [-0.4, -0.2) is 73.7 Å². The van der Waals surface area contributed by atoms with Crippen molar-refractivity contribution in [3.8, 4) is 10.4 Å². The van der Waals surface area contributed by atoms with E-state index in [4.69, 9.17) is 0 Å². The first-order valence-corrected chi connectivity index (χ1v) is 15.3. The zero-order valence-electron chi connectivity index (χ0n) is 22.3. The van der Waals surface area contributed by atoms with Crippen molar-refractivity contribution in [3.63, 3.8) is 0 Å². The maximum atomic E-state index is 14.1. The number of rotatable bonds is 7. The molecule has 2 aliphatic rings. The summed E-state index contributed by atoms with van der Waals surface area (Å²) in [5, 5.41) is 4.68. The molecule has 0 aromatic carbocycles. The predicted molar refractivity (Wildman–Crippen MR) is 144 cm³/mol. The van der Waals surface area contributed by atoms with E-state index >= 15 is 0 Å². The minimum absolute atomic E-state index is 0.00540. The SMILES string of the molecule is CC.CC1CCCN1C(=O)c1nc(C(=O)NC2CCS(=O)CC2)sc1-c1cnc(NCC(F)(F)F)cc1C(F)F. The molecule has 0 radical (unpaired) electrons. The van der Waals surface area contributed by atoms with Gasteiger partial charge in [0.1, 0.15) is 18.1 Å². The Morgan fingerprint density at radius 2 is 1.88 bits per heavy atom. The number of hydrogen-bond acceptors (Lipinski definition) is 7. The number of nitrogens with one attached hydrogen (secondary N) is 2. The second-order valence-electron chi connectivity index (χ2n) is 9.21. The molecule has 8 nitrogen and oxygen atoms in total. The van der Waals surface area contributed by atoms with E-state index in [0.29, 0.717) is 30.9 Å². The minimum Gasteiger partial charge on any atom is -0.361 e. The van der Waals surface area contributed by atoms with Crippen molar-refractivity contribution in [1.82, 2.24) is 20.2 Å². The van der Waals surface area contributed by atoms with E-state index in [1.54, 1.807) is 4.90 Å². The molecule has 1 atom stereocenters. The monoisotopic (exact) mass is 609 g/mol. The largest absolute Gasteiger partial charge is 0.405 e. The first kappa shape index (κ1) is 31.8. The number of aromatic nitrogens is 2. The zero-order valence-corrected chi connectivity index (χ0v) is 23.9. The van der Waals surface area contributed by atoms with Crippen LogP contribution in [0.3, 0.4) is 0 Å². The fourth-order valence-corrected chi connectivity index (χ4v) is 6.72. The molecule has 0 saturated carbocycles. The first-order chi connectivity index (χ1) is 18.9. The van der Waals surface area contributed by atoms with E-state index in [1.165, 1.54) is 0 Å². The van der Waals surface area contributed by atoms with Gasteiger partial charge in [0.25, 0.3) is 18.2 Å². The van der Waals surface area contributed by atoms with E-state index in [0.717, 1.165) is 36.4 Å². The summed E-state index contributed by atoms with van der Waals surface area (Å²) in [6.45, 7) is 4.83. The summed E-state index contributed by atoms with van der Waals surface area (Å²) >= 11 is 0.749. The number of carbonyl (C=O) groups excluding carboxylic acids is 2. The summed E-state index contributed by atoms with van der Waals surface area (Å²) in [5.41, 5.74) is -1.01. The van der Waals surface area contributed by atoms with Crippen molar-refractivity contribution in [2.24, 2.45) is 0 Å². The van der Waals surface area contributed by atoms with Gasteiger partial charge in [0.15, 0.2) is 5.01 Å². The Hall–Kier alpha value is -2.68. The molecule has 40 heavy (non-hydrogen) atoms. The lowest BCUT2D eigenvalue weighted by Crippen LogP contribution is -2.39. The number of anilines is 1. The van der Waals surface area contributed by atoms with E-state index in [-0.39, 0.29) is 33.2 Å². The number of hydrogen-bond donors (Lipinski definition) is 2. The van der Waals surface area contributed by atoms with Gasteiger partial charge in [-0.15, -0.1) is 11.3 Å². The van der Waals surface area contributed by atoms with Gasteiger partial charge in [0.05, 0.1) is 4.88 Å². The van der Waals surface area contributed by atoms with Crippen LogP contribution in [0.5, 0.6) is 0 Å². The summed E-state index contributed by atoms with van der Waals surface area (Å²) in [5.74, 6) is -0.615. The van der Waals surface area contributed by atoms with Crippen molar-refractivity contribution >= 4 is 39.8 Å². The zero-order chi connectivity index (χ0) is 29.6. The Kier molecular flexibility index (Phi) is 11.0. The summed E-state index contributed by atoms with van der Waals surface area (Å²) in [6, 6.07) is 0.460. The molecule has 15 heteroatoms. The van der Waals surface area contributed by atoms with Crippen LogP contribution in [0.25, 0.3) is 10.4 Å². The number of carbonyl (C=O) groups is 2. The Labute approximate surface area is 235 Å². The standard InChI is InChI=1S/C23H26F5N5O3S2.C2H6/c1-12-3-2-6-33(12)22(35)17-18(37-21(32-17)20(34)31-13-4-7-38(36)8-5-13)15-10-29-16(9-14(15)19(24)25)30-11-23(26,27)28;1-2/h9-10,12-13,19H,2-8,11H2,1H3,(H,29,30)(H,31,34);1-2H3. The van der Waals surface area contributed by atoms with Crippen molar-refractivity contribution in [2.45, 2.75) is 71.1 Å². The number of thiazole rings is 1. The van der Waals surface area contributed by atoms with Gasteiger partial charge in [0, 0.05) is 58.3 Å². The van der Waals surface area contributed by atoms with E-state index in [1.807, 2.05) is 26.1 Å². The third-order valence-electron chi connectivity index (χ3n) is 6.45. The predicted octanol–water partition coefficient (Wildman–Crippen LogP) is 5.41. The van der Waals surface area contributed by atoms with Gasteiger partial charge in [-0.25, -0.2) is 18.7 Å². The van der Waals surface area contributed by atoms with Gasteiger partial charge >= 0.3 is 6.18 Å². The summed E-state index contributed by atoms with van der Waals surface area (Å²) in [6.07, 6.45) is -4.17. The molecular formula is C25H32F5N5O3S2. The van der Waals surface area contributed by atoms with Crippen molar-refractivity contribution in [1.29, 1.82) is 0 Å². The highest BCUT2D eigenvalue weighted by Crippen LogP contribution is 2.39. The topological polar surface area (TPSA) is 104 Å². The molecule has 4 heterocycles. The fourth-order valence-electron chi connectivity index (χ4n) is 4.43. The third kappa shape index (κ3) is 7.95. The van der Waals surface area contributed by atoms with Gasteiger partial charge in [0.2, 0.25) is 0 Å². The lowest BCUT2D eigenvalue weighted by molar-refractivity contribution is -0.115. The summed E-state index contributed by atoms with van der Waals surface area (Å²) in [4.78, 5) is 36.1. The maximum Gasteiger partial charge on any atom is 0.405 e. The van der Waals surface area contributed by atoms with Crippen LogP contribution < -0.4 is 10.6 Å². The lowest BCUT2D eigenvalue weighted by atomic mass is 10.1. The van der Waals surface area contributed by atoms with Crippen molar-refractivity contribution < 1.29 is 35.8 Å². The number of halogens is 5. The van der Waals surface area contributed by atoms with Gasteiger partial charge in [-0.05, 0) is 38.7 Å². The van der Waals surface area contributed by atoms with E-state index < -0.39 is 53.1 Å². The van der Waals surface area contributed by atoms with Gasteiger partial charge < -0.3 is 15.5 Å². The molecule has 2 aliphatic heterocycles. The second kappa shape index (κ2) is 13.8. The highest BCUT2D eigenvalue weighted by atomic mass is 32.2. The van der Waals surface area contributed by atoms with Crippen LogP contribution in [-0.2, 0) is 10.8 Å². The minimum atomic E-state index is -4.58. The first-order valence-electron chi connectivity index (χ1n) is 13.0. The molecule has 2 aromatic heterocycles. The average Bonchev–Trinajstić information content (AvgIpc) is 3.56. The average molecular weight is 610 g/mol. The van der Waals surface area contributed by atoms with Gasteiger partial charge in [-0.3, -0.25) is 13.8 Å². The third-order valence-corrected chi connectivity index (χ3v) is 8.92. The van der Waals surface area contributed by atoms with Crippen LogP contribution in [0.4, 0.5) is 27.8 Å². The summed E-state index contributed by atoms with van der Waals surface area (Å²) < 4.78 is 77.5. The number of nitrogens with zero attached hydrogens (tertiary/aromatic N) is 3. The molecule has 2 saturated heterocycles. The highest BCUT2D eigenvalue weighted by Gasteiger charge is 2.34. The van der Waals surface area contributed by atoms with Crippen molar-refractivity contribution in [3.05, 3.63) is 28.5 Å². The van der Waals surface area contributed by atoms with Crippen LogP contribution in [0.15, 0.2) is 12.3 Å². The van der Waals surface area contributed by atoms with Crippen LogP contribution in [0.2, 0.25) is 0 Å². The molecule has 2 amide bonds. The molecule has 222 valence electrons. The number of amides is 2. The molecule has 0 aliphatic carbocycles. The van der Waals surface area contributed by atoms with Crippen LogP contribution in [0.1, 0.15) is 78.7 Å². The molecule has 4 rings (SSSR count). The molecule has 0 bridgehead atoms. The fraction of sp³-hybridized carbons (Fsp3) is 0.600. The molecule has 0 spiro atoms. The Bertz CT molecular complexity index is 1210. The summed E-state index contributed by atoms with van der Waals surface area (Å²) in [7, 11) is -0.932. The number of alkyl halides is 5. The Morgan fingerprint density at radius 1 is 1.20 bits per heavy atom. The van der Waals surface area contributed by atoms with E-state index in [9.17, 15) is 35.8 Å². The highest BCUT2D eigenvalue weighted by molar-refractivity contribution is 7.85. The number of likely N-dealkylation sites (tertiary alicyclic amines) is 1. The van der Waals surface area contributed by atoms with Crippen molar-refractivity contribution in [2.75, 3.05) is 29.9 Å². The van der Waals surface area contributed by atoms with Gasteiger partial charge in [-0.1, -0.05) is 13.8 Å². The maximum absolute atomic E-state index is 14.1. The molecular weight excluding hydrogens is 577 g/mol. The molecule has 2 N–H and O–H groups in total.